The van der Waals surface area contributed by atoms with Crippen molar-refractivity contribution in [3.63, 3.8) is 0 Å². The first-order valence-corrected chi connectivity index (χ1v) is 11.0. The van der Waals surface area contributed by atoms with Crippen LogP contribution in [0.15, 0.2) is 65.7 Å². The summed E-state index contributed by atoms with van der Waals surface area (Å²) < 4.78 is 3.72. The third kappa shape index (κ3) is 4.88. The molecule has 164 valence electrons. The highest BCUT2D eigenvalue weighted by atomic mass is 35.5. The normalized spacial score (nSPS) is 10.8. The second kappa shape index (κ2) is 9.77. The van der Waals surface area contributed by atoms with Crippen molar-refractivity contribution in [3.05, 3.63) is 86.2 Å². The molecule has 0 unspecified atom stereocenters. The van der Waals surface area contributed by atoms with E-state index in [2.05, 4.69) is 20.9 Å². The minimum atomic E-state index is -0.223. The summed E-state index contributed by atoms with van der Waals surface area (Å²) in [4.78, 5) is 24.9. The fraction of sp³-hybridized carbons (Fsp3) is 0.143. The molecule has 32 heavy (non-hydrogen) atoms. The van der Waals surface area contributed by atoms with Gasteiger partial charge in [0.15, 0.2) is 0 Å². The van der Waals surface area contributed by atoms with Crippen LogP contribution in [0.2, 0.25) is 4.34 Å². The highest BCUT2D eigenvalue weighted by Gasteiger charge is 2.12. The zero-order valence-corrected chi connectivity index (χ0v) is 18.4. The molecule has 11 heteroatoms. The Hall–Kier alpha value is -3.47. The second-order valence-corrected chi connectivity index (χ2v) is 8.48. The predicted octanol–water partition coefficient (Wildman–Crippen LogP) is 2.43. The average molecular weight is 470 g/mol. The molecule has 0 saturated carbocycles. The van der Waals surface area contributed by atoms with Gasteiger partial charge in [-0.15, -0.1) is 16.4 Å². The summed E-state index contributed by atoms with van der Waals surface area (Å²) in [7, 11) is 0. The Balaban J connectivity index is 1.56. The predicted molar refractivity (Wildman–Crippen MR) is 125 cm³/mol. The van der Waals surface area contributed by atoms with E-state index in [1.54, 1.807) is 45.9 Å². The fourth-order valence-electron chi connectivity index (χ4n) is 3.05. The third-order valence-electron chi connectivity index (χ3n) is 4.56. The molecule has 3 heterocycles. The summed E-state index contributed by atoms with van der Waals surface area (Å²) >= 11 is 7.10. The molecule has 0 atom stereocenters. The van der Waals surface area contributed by atoms with Crippen molar-refractivity contribution in [3.8, 4) is 11.4 Å². The first-order chi connectivity index (χ1) is 15.5. The molecule has 1 aromatic carbocycles. The van der Waals surface area contributed by atoms with Crippen molar-refractivity contribution < 1.29 is 4.79 Å². The number of nitrogens with two attached hydrogens (primary N) is 1. The summed E-state index contributed by atoms with van der Waals surface area (Å²) in [5.41, 5.74) is 8.32. The van der Waals surface area contributed by atoms with Gasteiger partial charge in [0.2, 0.25) is 0 Å². The van der Waals surface area contributed by atoms with Gasteiger partial charge in [-0.05, 0) is 36.4 Å². The Morgan fingerprint density at radius 1 is 1.19 bits per heavy atom. The average Bonchev–Trinajstić information content (AvgIpc) is 3.45. The Kier molecular flexibility index (Phi) is 6.64. The molecule has 0 aliphatic carbocycles. The number of hydrogen-bond donors (Lipinski definition) is 3. The molecule has 0 bridgehead atoms. The number of nitrogens with zero attached hydrogens (tertiary/aromatic N) is 4. The maximum atomic E-state index is 12.2. The molecule has 9 nitrogen and oxygen atoms in total. The molecular weight excluding hydrogens is 450 g/mol. The quantitative estimate of drug-likeness (QED) is 0.364. The molecule has 4 N–H and O–H groups in total. The number of rotatable bonds is 8. The number of anilines is 1. The SMILES string of the molecule is NCCNc1cc(-n2ccccc2=O)ccc1-n1cc(CNC(=O)c2ccc(Cl)s2)nn1. The highest BCUT2D eigenvalue weighted by Crippen LogP contribution is 2.24. The molecule has 0 aliphatic rings. The lowest BCUT2D eigenvalue weighted by atomic mass is 10.2. The Bertz CT molecular complexity index is 1300. The molecule has 4 aromatic rings. The van der Waals surface area contributed by atoms with Crippen molar-refractivity contribution in [2.75, 3.05) is 18.4 Å². The van der Waals surface area contributed by atoms with Crippen LogP contribution in [0.25, 0.3) is 11.4 Å². The molecule has 3 aromatic heterocycles. The number of hydrogen-bond acceptors (Lipinski definition) is 7. The second-order valence-electron chi connectivity index (χ2n) is 6.77. The first kappa shape index (κ1) is 21.8. The van der Waals surface area contributed by atoms with Crippen molar-refractivity contribution >= 4 is 34.5 Å². The van der Waals surface area contributed by atoms with E-state index in [1.165, 1.54) is 17.4 Å². The van der Waals surface area contributed by atoms with Crippen molar-refractivity contribution in [2.24, 2.45) is 5.73 Å². The van der Waals surface area contributed by atoms with Crippen LogP contribution in [0.5, 0.6) is 0 Å². The van der Waals surface area contributed by atoms with Gasteiger partial charge >= 0.3 is 0 Å². The minimum absolute atomic E-state index is 0.129. The van der Waals surface area contributed by atoms with Gasteiger partial charge in [-0.1, -0.05) is 22.9 Å². The van der Waals surface area contributed by atoms with E-state index in [9.17, 15) is 9.59 Å². The van der Waals surface area contributed by atoms with Gasteiger partial charge in [0.25, 0.3) is 11.5 Å². The van der Waals surface area contributed by atoms with Crippen molar-refractivity contribution in [1.82, 2.24) is 24.9 Å². The van der Waals surface area contributed by atoms with E-state index in [-0.39, 0.29) is 18.0 Å². The van der Waals surface area contributed by atoms with Crippen molar-refractivity contribution in [2.45, 2.75) is 6.54 Å². The fourth-order valence-corrected chi connectivity index (χ4v) is 4.01. The summed E-state index contributed by atoms with van der Waals surface area (Å²) in [6, 6.07) is 13.9. The molecular formula is C21H20ClN7O2S. The Morgan fingerprint density at radius 2 is 2.06 bits per heavy atom. The van der Waals surface area contributed by atoms with E-state index in [0.29, 0.717) is 33.7 Å². The van der Waals surface area contributed by atoms with Gasteiger partial charge in [0.1, 0.15) is 5.69 Å². The van der Waals surface area contributed by atoms with E-state index in [0.717, 1.165) is 11.4 Å². The third-order valence-corrected chi connectivity index (χ3v) is 5.79. The van der Waals surface area contributed by atoms with Gasteiger partial charge in [0, 0.05) is 25.4 Å². The van der Waals surface area contributed by atoms with Gasteiger partial charge in [0.05, 0.1) is 39.0 Å². The molecule has 0 aliphatic heterocycles. The molecule has 0 fully saturated rings. The molecule has 0 spiro atoms. The zero-order valence-electron chi connectivity index (χ0n) is 16.9. The maximum Gasteiger partial charge on any atom is 0.261 e. The highest BCUT2D eigenvalue weighted by molar-refractivity contribution is 7.17. The van der Waals surface area contributed by atoms with Crippen LogP contribution in [0, 0.1) is 0 Å². The molecule has 0 saturated heterocycles. The number of thiophene rings is 1. The standard InChI is InChI=1S/C21H20ClN7O2S/c22-19-7-6-18(32-19)21(31)25-12-14-13-29(27-26-14)17-5-4-15(11-16(17)24-9-8-23)28-10-2-1-3-20(28)30/h1-7,10-11,13,24H,8-9,12,23H2,(H,25,31). The summed E-state index contributed by atoms with van der Waals surface area (Å²) in [5, 5.41) is 14.4. The molecule has 0 radical (unpaired) electrons. The van der Waals surface area contributed by atoms with Crippen LogP contribution in [-0.4, -0.2) is 38.6 Å². The topological polar surface area (TPSA) is 120 Å². The van der Waals surface area contributed by atoms with Gasteiger partial charge < -0.3 is 16.4 Å². The van der Waals surface area contributed by atoms with E-state index >= 15 is 0 Å². The van der Waals surface area contributed by atoms with Crippen LogP contribution in [0.4, 0.5) is 5.69 Å². The van der Waals surface area contributed by atoms with Crippen LogP contribution in [0.3, 0.4) is 0 Å². The van der Waals surface area contributed by atoms with E-state index in [1.807, 2.05) is 18.2 Å². The Labute approximate surface area is 192 Å². The summed E-state index contributed by atoms with van der Waals surface area (Å²) in [6.45, 7) is 1.20. The smallest absolute Gasteiger partial charge is 0.261 e. The minimum Gasteiger partial charge on any atom is -0.382 e. The maximum absolute atomic E-state index is 12.2. The summed E-state index contributed by atoms with van der Waals surface area (Å²) in [6.07, 6.45) is 3.44. The number of pyridine rings is 1. The monoisotopic (exact) mass is 469 g/mol. The largest absolute Gasteiger partial charge is 0.382 e. The van der Waals surface area contributed by atoms with Gasteiger partial charge in [-0.3, -0.25) is 14.2 Å². The van der Waals surface area contributed by atoms with Crippen LogP contribution < -0.4 is 21.9 Å². The zero-order chi connectivity index (χ0) is 22.5. The van der Waals surface area contributed by atoms with E-state index < -0.39 is 0 Å². The van der Waals surface area contributed by atoms with Crippen LogP contribution in [0.1, 0.15) is 15.4 Å². The number of benzene rings is 1. The summed E-state index contributed by atoms with van der Waals surface area (Å²) in [5.74, 6) is -0.223. The van der Waals surface area contributed by atoms with Crippen molar-refractivity contribution in [1.29, 1.82) is 0 Å². The number of aromatic nitrogens is 4. The number of nitrogens with one attached hydrogen (secondary N) is 2. The molecule has 1 amide bonds. The van der Waals surface area contributed by atoms with Gasteiger partial charge in [-0.25, -0.2) is 4.68 Å². The van der Waals surface area contributed by atoms with Gasteiger partial charge in [-0.2, -0.15) is 0 Å². The number of carbonyl (C=O) groups excluding carboxylic acids is 1. The van der Waals surface area contributed by atoms with Crippen LogP contribution >= 0.6 is 22.9 Å². The Morgan fingerprint density at radius 3 is 2.81 bits per heavy atom. The first-order valence-electron chi connectivity index (χ1n) is 9.76. The van der Waals surface area contributed by atoms with E-state index in [4.69, 9.17) is 17.3 Å². The number of amides is 1. The lowest BCUT2D eigenvalue weighted by Crippen LogP contribution is -2.21. The number of carbonyl (C=O) groups is 1. The number of halogens is 1. The lowest BCUT2D eigenvalue weighted by molar-refractivity contribution is 0.0954. The lowest BCUT2D eigenvalue weighted by Gasteiger charge is -2.14. The van der Waals surface area contributed by atoms with Crippen LogP contribution in [-0.2, 0) is 6.54 Å². The molecule has 4 rings (SSSR count).